The van der Waals surface area contributed by atoms with Crippen LogP contribution in [0.3, 0.4) is 0 Å². The van der Waals surface area contributed by atoms with Gasteiger partial charge in [0.15, 0.2) is 0 Å². The van der Waals surface area contributed by atoms with E-state index in [-0.39, 0.29) is 0 Å². The van der Waals surface area contributed by atoms with Crippen molar-refractivity contribution in [1.29, 1.82) is 0 Å². The van der Waals surface area contributed by atoms with E-state index in [4.69, 9.17) is 0 Å². The van der Waals surface area contributed by atoms with Gasteiger partial charge in [-0.05, 0) is 43.3 Å². The monoisotopic (exact) mass is 247 g/mol. The van der Waals surface area contributed by atoms with Gasteiger partial charge in [0.2, 0.25) is 0 Å². The van der Waals surface area contributed by atoms with Crippen molar-refractivity contribution < 1.29 is 0 Å². The van der Waals surface area contributed by atoms with Crippen LogP contribution in [0, 0.1) is 11.8 Å². The van der Waals surface area contributed by atoms with Gasteiger partial charge in [-0.3, -0.25) is 0 Å². The van der Waals surface area contributed by atoms with Crippen LogP contribution in [-0.2, 0) is 6.42 Å². The number of hydrogen-bond acceptors (Lipinski definition) is 1. The van der Waals surface area contributed by atoms with Crippen LogP contribution in [-0.4, -0.2) is 13.1 Å². The average Bonchev–Trinajstić information content (AvgIpc) is 2.34. The van der Waals surface area contributed by atoms with Gasteiger partial charge in [0.05, 0.1) is 0 Å². The van der Waals surface area contributed by atoms with Gasteiger partial charge in [-0.15, -0.1) is 0 Å². The highest BCUT2D eigenvalue weighted by Gasteiger charge is 2.02. The van der Waals surface area contributed by atoms with Gasteiger partial charge in [-0.25, -0.2) is 0 Å². The lowest BCUT2D eigenvalue weighted by Crippen LogP contribution is -2.23. The van der Waals surface area contributed by atoms with Gasteiger partial charge in [0, 0.05) is 0 Å². The lowest BCUT2D eigenvalue weighted by Gasteiger charge is -2.13. The Kier molecular flexibility index (Phi) is 7.75. The maximum absolute atomic E-state index is 3.58. The molecule has 0 aliphatic carbocycles. The maximum Gasteiger partial charge on any atom is -0.00200 e. The summed E-state index contributed by atoms with van der Waals surface area (Å²) in [5.74, 6) is 1.57. The van der Waals surface area contributed by atoms with Crippen LogP contribution in [0.5, 0.6) is 0 Å². The number of rotatable bonds is 9. The van der Waals surface area contributed by atoms with Gasteiger partial charge in [-0.1, -0.05) is 63.9 Å². The van der Waals surface area contributed by atoms with Gasteiger partial charge in [0.1, 0.15) is 0 Å². The van der Waals surface area contributed by atoms with Crippen molar-refractivity contribution in [2.24, 2.45) is 11.8 Å². The summed E-state index contributed by atoms with van der Waals surface area (Å²) in [5.41, 5.74) is 1.45. The molecule has 1 nitrogen and oxygen atoms in total. The first-order chi connectivity index (χ1) is 8.68. The molecule has 0 aliphatic rings. The van der Waals surface area contributed by atoms with Crippen LogP contribution in [0.1, 0.15) is 45.6 Å². The predicted octanol–water partition coefficient (Wildman–Crippen LogP) is 4.28. The molecule has 1 atom stereocenters. The molecule has 0 saturated heterocycles. The SMILES string of the molecule is CC(C)CCCCNCC(C)Cc1ccccc1. The molecule has 1 heteroatoms. The lowest BCUT2D eigenvalue weighted by atomic mass is 10.0. The number of hydrogen-bond donors (Lipinski definition) is 1. The van der Waals surface area contributed by atoms with Crippen molar-refractivity contribution in [1.82, 2.24) is 5.32 Å². The molecular formula is C17H29N. The third-order valence-electron chi connectivity index (χ3n) is 3.30. The molecule has 1 aromatic carbocycles. The zero-order valence-electron chi connectivity index (χ0n) is 12.3. The second-order valence-electron chi connectivity index (χ2n) is 5.89. The maximum atomic E-state index is 3.58. The first kappa shape index (κ1) is 15.2. The summed E-state index contributed by atoms with van der Waals surface area (Å²) in [4.78, 5) is 0. The summed E-state index contributed by atoms with van der Waals surface area (Å²) >= 11 is 0. The van der Waals surface area contributed by atoms with E-state index in [0.29, 0.717) is 0 Å². The first-order valence-electron chi connectivity index (χ1n) is 7.43. The van der Waals surface area contributed by atoms with Gasteiger partial charge < -0.3 is 5.32 Å². The Bertz CT molecular complexity index is 292. The van der Waals surface area contributed by atoms with E-state index >= 15 is 0 Å². The number of unbranched alkanes of at least 4 members (excludes halogenated alkanes) is 1. The van der Waals surface area contributed by atoms with Crippen LogP contribution >= 0.6 is 0 Å². The molecule has 0 spiro atoms. The van der Waals surface area contributed by atoms with E-state index in [1.807, 2.05) is 0 Å². The van der Waals surface area contributed by atoms with Crippen LogP contribution in [0.25, 0.3) is 0 Å². The Balaban J connectivity index is 2.02. The minimum absolute atomic E-state index is 0.720. The molecule has 1 aromatic rings. The summed E-state index contributed by atoms with van der Waals surface area (Å²) in [6.07, 6.45) is 5.22. The molecule has 1 unspecified atom stereocenters. The van der Waals surface area contributed by atoms with Crippen molar-refractivity contribution in [2.75, 3.05) is 13.1 Å². The van der Waals surface area contributed by atoms with E-state index < -0.39 is 0 Å². The number of benzene rings is 1. The zero-order chi connectivity index (χ0) is 13.2. The van der Waals surface area contributed by atoms with Crippen LogP contribution in [0.15, 0.2) is 30.3 Å². The van der Waals surface area contributed by atoms with Crippen LogP contribution in [0.2, 0.25) is 0 Å². The minimum Gasteiger partial charge on any atom is -0.316 e. The molecule has 0 radical (unpaired) electrons. The smallest absolute Gasteiger partial charge is 0.00200 e. The highest BCUT2D eigenvalue weighted by atomic mass is 14.8. The standard InChI is InChI=1S/C17H29N/c1-15(2)9-7-8-12-18-14-16(3)13-17-10-5-4-6-11-17/h4-6,10-11,15-16,18H,7-9,12-14H2,1-3H3. The van der Waals surface area contributed by atoms with Crippen molar-refractivity contribution in [3.8, 4) is 0 Å². The molecule has 0 amide bonds. The molecular weight excluding hydrogens is 218 g/mol. The first-order valence-corrected chi connectivity index (χ1v) is 7.43. The Labute approximate surface area is 113 Å². The predicted molar refractivity (Wildman–Crippen MR) is 80.9 cm³/mol. The van der Waals surface area contributed by atoms with Gasteiger partial charge in [0.25, 0.3) is 0 Å². The largest absolute Gasteiger partial charge is 0.316 e. The highest BCUT2D eigenvalue weighted by Crippen LogP contribution is 2.08. The molecule has 0 saturated carbocycles. The molecule has 18 heavy (non-hydrogen) atoms. The fraction of sp³-hybridized carbons (Fsp3) is 0.647. The summed E-state index contributed by atoms with van der Waals surface area (Å²) < 4.78 is 0. The summed E-state index contributed by atoms with van der Waals surface area (Å²) in [7, 11) is 0. The Morgan fingerprint density at radius 2 is 1.72 bits per heavy atom. The summed E-state index contributed by atoms with van der Waals surface area (Å²) in [5, 5.41) is 3.58. The molecule has 0 aromatic heterocycles. The van der Waals surface area contributed by atoms with E-state index in [2.05, 4.69) is 56.4 Å². The minimum atomic E-state index is 0.720. The molecule has 1 rings (SSSR count). The van der Waals surface area contributed by atoms with Crippen molar-refractivity contribution in [3.63, 3.8) is 0 Å². The van der Waals surface area contributed by atoms with Crippen LogP contribution in [0.4, 0.5) is 0 Å². The fourth-order valence-electron chi connectivity index (χ4n) is 2.24. The van der Waals surface area contributed by atoms with Gasteiger partial charge >= 0.3 is 0 Å². The lowest BCUT2D eigenvalue weighted by molar-refractivity contribution is 0.481. The Hall–Kier alpha value is -0.820. The molecule has 0 bridgehead atoms. The van der Waals surface area contributed by atoms with Crippen LogP contribution < -0.4 is 5.32 Å². The molecule has 0 aliphatic heterocycles. The van der Waals surface area contributed by atoms with E-state index in [1.165, 1.54) is 37.8 Å². The number of nitrogens with one attached hydrogen (secondary N) is 1. The molecule has 1 N–H and O–H groups in total. The Morgan fingerprint density at radius 3 is 2.39 bits per heavy atom. The van der Waals surface area contributed by atoms with Crippen molar-refractivity contribution in [2.45, 2.75) is 46.5 Å². The van der Waals surface area contributed by atoms with Crippen molar-refractivity contribution in [3.05, 3.63) is 35.9 Å². The topological polar surface area (TPSA) is 12.0 Å². The van der Waals surface area contributed by atoms with E-state index in [1.54, 1.807) is 0 Å². The fourth-order valence-corrected chi connectivity index (χ4v) is 2.24. The second-order valence-corrected chi connectivity index (χ2v) is 5.89. The second kappa shape index (κ2) is 9.16. The van der Waals surface area contributed by atoms with E-state index in [9.17, 15) is 0 Å². The normalized spacial score (nSPS) is 12.9. The van der Waals surface area contributed by atoms with E-state index in [0.717, 1.165) is 18.4 Å². The molecule has 0 fully saturated rings. The molecule has 0 heterocycles. The zero-order valence-corrected chi connectivity index (χ0v) is 12.3. The van der Waals surface area contributed by atoms with Gasteiger partial charge in [-0.2, -0.15) is 0 Å². The quantitative estimate of drug-likeness (QED) is 0.642. The summed E-state index contributed by atoms with van der Waals surface area (Å²) in [6, 6.07) is 10.8. The molecule has 102 valence electrons. The Morgan fingerprint density at radius 1 is 1.00 bits per heavy atom. The average molecular weight is 247 g/mol. The van der Waals surface area contributed by atoms with Crippen molar-refractivity contribution >= 4 is 0 Å². The third kappa shape index (κ3) is 7.50. The third-order valence-corrected chi connectivity index (χ3v) is 3.30. The summed E-state index contributed by atoms with van der Waals surface area (Å²) in [6.45, 7) is 9.24. The highest BCUT2D eigenvalue weighted by molar-refractivity contribution is 5.15.